The number of rotatable bonds is 5. The highest BCUT2D eigenvalue weighted by atomic mass is 19.1. The highest BCUT2D eigenvalue weighted by Gasteiger charge is 2.30. The van der Waals surface area contributed by atoms with Crippen molar-refractivity contribution in [1.29, 1.82) is 0 Å². The van der Waals surface area contributed by atoms with E-state index in [9.17, 15) is 4.39 Å². The minimum atomic E-state index is -0.323. The number of aromatic nitrogens is 3. The van der Waals surface area contributed by atoms with Gasteiger partial charge < -0.3 is 14.4 Å². The molecule has 0 saturated carbocycles. The lowest BCUT2D eigenvalue weighted by Crippen LogP contribution is -2.23. The molecule has 0 bridgehead atoms. The number of halogens is 1. The van der Waals surface area contributed by atoms with Crippen LogP contribution in [0.3, 0.4) is 0 Å². The lowest BCUT2D eigenvalue weighted by atomic mass is 10.2. The molecule has 0 unspecified atom stereocenters. The van der Waals surface area contributed by atoms with E-state index in [1.807, 2.05) is 24.3 Å². The summed E-state index contributed by atoms with van der Waals surface area (Å²) in [5, 5.41) is 8.36. The van der Waals surface area contributed by atoms with Crippen molar-refractivity contribution in [3.05, 3.63) is 71.8 Å². The van der Waals surface area contributed by atoms with Crippen LogP contribution in [0.5, 0.6) is 5.75 Å². The highest BCUT2D eigenvalue weighted by Crippen LogP contribution is 2.32. The summed E-state index contributed by atoms with van der Waals surface area (Å²) in [5.74, 6) is 0.538. The van der Waals surface area contributed by atoms with E-state index in [0.29, 0.717) is 24.4 Å². The van der Waals surface area contributed by atoms with Gasteiger partial charge in [-0.3, -0.25) is 0 Å². The second-order valence-electron chi connectivity index (χ2n) is 6.05. The van der Waals surface area contributed by atoms with Crippen LogP contribution in [0.2, 0.25) is 0 Å². The van der Waals surface area contributed by atoms with E-state index < -0.39 is 0 Å². The van der Waals surface area contributed by atoms with Crippen LogP contribution < -0.4 is 9.64 Å². The van der Waals surface area contributed by atoms with Gasteiger partial charge in [0.1, 0.15) is 17.3 Å². The molecular formula is C19H19FN4O2. The molecule has 1 aliphatic heterocycles. The summed E-state index contributed by atoms with van der Waals surface area (Å²) < 4.78 is 26.6. The van der Waals surface area contributed by atoms with E-state index in [-0.39, 0.29) is 12.0 Å². The Labute approximate surface area is 150 Å². The van der Waals surface area contributed by atoms with Gasteiger partial charge in [0.15, 0.2) is 6.23 Å². The number of anilines is 1. The van der Waals surface area contributed by atoms with Gasteiger partial charge in [-0.1, -0.05) is 29.5 Å². The van der Waals surface area contributed by atoms with Crippen LogP contribution in [-0.4, -0.2) is 35.3 Å². The molecular weight excluding hydrogens is 335 g/mol. The van der Waals surface area contributed by atoms with Crippen molar-refractivity contribution in [3.8, 4) is 5.75 Å². The van der Waals surface area contributed by atoms with Crippen LogP contribution in [0, 0.1) is 5.82 Å². The minimum absolute atomic E-state index is 0.250. The third kappa shape index (κ3) is 3.25. The van der Waals surface area contributed by atoms with Crippen molar-refractivity contribution in [2.24, 2.45) is 0 Å². The second-order valence-corrected chi connectivity index (χ2v) is 6.05. The van der Waals surface area contributed by atoms with E-state index in [4.69, 9.17) is 9.47 Å². The van der Waals surface area contributed by atoms with Crippen molar-refractivity contribution in [2.45, 2.75) is 12.8 Å². The van der Waals surface area contributed by atoms with Crippen LogP contribution in [-0.2, 0) is 11.3 Å². The molecule has 0 spiro atoms. The van der Waals surface area contributed by atoms with E-state index in [1.54, 1.807) is 36.2 Å². The fourth-order valence-electron chi connectivity index (χ4n) is 3.07. The molecule has 7 heteroatoms. The average Bonchev–Trinajstić information content (AvgIpc) is 3.33. The van der Waals surface area contributed by atoms with E-state index >= 15 is 0 Å². The Morgan fingerprint density at radius 3 is 2.96 bits per heavy atom. The molecule has 1 saturated heterocycles. The Kier molecular flexibility index (Phi) is 4.53. The van der Waals surface area contributed by atoms with Crippen molar-refractivity contribution < 1.29 is 13.9 Å². The molecule has 1 aliphatic rings. The number of benzene rings is 2. The van der Waals surface area contributed by atoms with Crippen LogP contribution in [0.4, 0.5) is 10.1 Å². The summed E-state index contributed by atoms with van der Waals surface area (Å²) in [6.45, 7) is 1.67. The van der Waals surface area contributed by atoms with Gasteiger partial charge in [-0.2, -0.15) is 0 Å². The summed E-state index contributed by atoms with van der Waals surface area (Å²) >= 11 is 0. The van der Waals surface area contributed by atoms with Gasteiger partial charge >= 0.3 is 0 Å². The Balaban J connectivity index is 1.55. The standard InChI is InChI=1S/C19H19FN4O2/c1-25-16-7-4-6-15(11-16)24-9-10-26-19(24)18-13-23(22-21-18)12-14-5-2-3-8-17(14)20/h2-8,11,13,19H,9-10,12H2,1H3/t19-/m0/s1. The van der Waals surface area contributed by atoms with Gasteiger partial charge in [-0.05, 0) is 18.2 Å². The average molecular weight is 354 g/mol. The van der Waals surface area contributed by atoms with Gasteiger partial charge in [0, 0.05) is 23.9 Å². The Morgan fingerprint density at radius 2 is 2.12 bits per heavy atom. The smallest absolute Gasteiger partial charge is 0.177 e. The van der Waals surface area contributed by atoms with Crippen LogP contribution in [0.1, 0.15) is 17.5 Å². The molecule has 1 atom stereocenters. The molecule has 1 aromatic heterocycles. The zero-order chi connectivity index (χ0) is 17.9. The molecule has 2 aromatic carbocycles. The van der Waals surface area contributed by atoms with Gasteiger partial charge in [-0.25, -0.2) is 9.07 Å². The zero-order valence-electron chi connectivity index (χ0n) is 14.4. The fourth-order valence-corrected chi connectivity index (χ4v) is 3.07. The number of nitrogens with zero attached hydrogens (tertiary/aromatic N) is 4. The Morgan fingerprint density at radius 1 is 1.23 bits per heavy atom. The largest absolute Gasteiger partial charge is 0.497 e. The van der Waals surface area contributed by atoms with Gasteiger partial charge in [0.2, 0.25) is 0 Å². The molecule has 0 amide bonds. The molecule has 134 valence electrons. The third-order valence-corrected chi connectivity index (χ3v) is 4.38. The lowest BCUT2D eigenvalue weighted by Gasteiger charge is -2.23. The van der Waals surface area contributed by atoms with Crippen molar-refractivity contribution in [3.63, 3.8) is 0 Å². The monoisotopic (exact) mass is 354 g/mol. The second kappa shape index (κ2) is 7.13. The molecule has 0 aliphatic carbocycles. The first-order chi connectivity index (χ1) is 12.7. The Bertz CT molecular complexity index is 899. The lowest BCUT2D eigenvalue weighted by molar-refractivity contribution is 0.110. The van der Waals surface area contributed by atoms with Crippen LogP contribution in [0.15, 0.2) is 54.7 Å². The highest BCUT2D eigenvalue weighted by molar-refractivity contribution is 5.52. The predicted octanol–water partition coefficient (Wildman–Crippen LogP) is 3.01. The van der Waals surface area contributed by atoms with E-state index in [1.165, 1.54) is 6.07 Å². The van der Waals surface area contributed by atoms with Gasteiger partial charge in [-0.15, -0.1) is 5.10 Å². The molecule has 2 heterocycles. The first-order valence-corrected chi connectivity index (χ1v) is 8.40. The topological polar surface area (TPSA) is 52.4 Å². The van der Waals surface area contributed by atoms with E-state index in [2.05, 4.69) is 15.2 Å². The SMILES string of the molecule is COc1cccc(N2CCO[C@H]2c2cn(Cc3ccccc3F)nn2)c1. The quantitative estimate of drug-likeness (QED) is 0.705. The molecule has 1 fully saturated rings. The predicted molar refractivity (Wildman–Crippen MR) is 94.6 cm³/mol. The molecule has 26 heavy (non-hydrogen) atoms. The number of methoxy groups -OCH3 is 1. The molecule has 4 rings (SSSR count). The summed E-state index contributed by atoms with van der Waals surface area (Å²) in [5.41, 5.74) is 2.26. The van der Waals surface area contributed by atoms with Crippen molar-refractivity contribution in [1.82, 2.24) is 15.0 Å². The summed E-state index contributed by atoms with van der Waals surface area (Å²) in [7, 11) is 1.64. The maximum atomic E-state index is 13.8. The van der Waals surface area contributed by atoms with E-state index in [0.717, 1.165) is 18.0 Å². The van der Waals surface area contributed by atoms with Gasteiger partial charge in [0.25, 0.3) is 0 Å². The zero-order valence-corrected chi connectivity index (χ0v) is 14.4. The van der Waals surface area contributed by atoms with Crippen molar-refractivity contribution >= 4 is 5.69 Å². The maximum Gasteiger partial charge on any atom is 0.177 e. The summed E-state index contributed by atoms with van der Waals surface area (Å²) in [6, 6.07) is 14.5. The third-order valence-electron chi connectivity index (χ3n) is 4.38. The number of hydrogen-bond donors (Lipinski definition) is 0. The molecule has 0 radical (unpaired) electrons. The maximum absolute atomic E-state index is 13.8. The van der Waals surface area contributed by atoms with Crippen LogP contribution >= 0.6 is 0 Å². The van der Waals surface area contributed by atoms with Crippen LogP contribution in [0.25, 0.3) is 0 Å². The van der Waals surface area contributed by atoms with Crippen molar-refractivity contribution in [2.75, 3.05) is 25.2 Å². The Hall–Kier alpha value is -2.93. The number of hydrogen-bond acceptors (Lipinski definition) is 5. The molecule has 0 N–H and O–H groups in total. The first-order valence-electron chi connectivity index (χ1n) is 8.40. The van der Waals surface area contributed by atoms with Gasteiger partial charge in [0.05, 0.1) is 26.5 Å². The molecule has 3 aromatic rings. The normalized spacial score (nSPS) is 16.8. The summed E-state index contributed by atoms with van der Waals surface area (Å²) in [4.78, 5) is 2.11. The summed E-state index contributed by atoms with van der Waals surface area (Å²) in [6.07, 6.45) is 1.48. The fraction of sp³-hybridized carbons (Fsp3) is 0.263. The minimum Gasteiger partial charge on any atom is -0.497 e. The molecule has 6 nitrogen and oxygen atoms in total. The first kappa shape index (κ1) is 16.5. The number of ether oxygens (including phenoxy) is 2.